The molecule has 0 bridgehead atoms. The molecule has 3 aromatic rings. The van der Waals surface area contributed by atoms with Gasteiger partial charge in [-0.15, -0.1) is 0 Å². The second-order valence-corrected chi connectivity index (χ2v) is 8.74. The number of hydrogen-bond acceptors (Lipinski definition) is 7. The zero-order valence-corrected chi connectivity index (χ0v) is 20.0. The molecule has 10 heteroatoms. The van der Waals surface area contributed by atoms with E-state index in [1.807, 2.05) is 25.1 Å². The molecule has 0 unspecified atom stereocenters. The first kappa shape index (κ1) is 23.4. The van der Waals surface area contributed by atoms with Crippen LogP contribution in [0.2, 0.25) is 10.0 Å². The monoisotopic (exact) mass is 483 g/mol. The van der Waals surface area contributed by atoms with Crippen molar-refractivity contribution in [3.63, 3.8) is 0 Å². The summed E-state index contributed by atoms with van der Waals surface area (Å²) < 4.78 is 17.3. The molecule has 166 valence electrons. The van der Waals surface area contributed by atoms with Crippen LogP contribution in [-0.4, -0.2) is 63.8 Å². The van der Waals surface area contributed by atoms with Gasteiger partial charge in [-0.1, -0.05) is 34.5 Å². The van der Waals surface area contributed by atoms with Crippen LogP contribution in [0, 0.1) is 0 Å². The van der Waals surface area contributed by atoms with E-state index in [9.17, 15) is 4.79 Å². The quantitative estimate of drug-likeness (QED) is 0.443. The van der Waals surface area contributed by atoms with Crippen LogP contribution in [0.5, 0.6) is 17.2 Å². The number of fused-ring (bicyclic) bond motifs is 1. The highest BCUT2D eigenvalue weighted by atomic mass is 35.5. The van der Waals surface area contributed by atoms with Crippen molar-refractivity contribution in [2.24, 2.45) is 0 Å². The zero-order chi connectivity index (χ0) is 22.5. The SMILES string of the molecule is COc1cc2nc(N(CCN(C)C)C(=O)COc3ccc(Cl)cc3Cl)sc2cc1OC. The molecule has 1 heterocycles. The molecule has 0 aliphatic heterocycles. The number of anilines is 1. The molecule has 0 N–H and O–H groups in total. The van der Waals surface area contributed by atoms with E-state index in [4.69, 9.17) is 37.4 Å². The lowest BCUT2D eigenvalue weighted by Crippen LogP contribution is -2.39. The second kappa shape index (κ2) is 10.4. The molecule has 0 spiro atoms. The first-order valence-corrected chi connectivity index (χ1v) is 10.9. The molecule has 3 rings (SSSR count). The van der Waals surface area contributed by atoms with Crippen LogP contribution in [0.3, 0.4) is 0 Å². The third-order valence-electron chi connectivity index (χ3n) is 4.43. The second-order valence-electron chi connectivity index (χ2n) is 6.88. The lowest BCUT2D eigenvalue weighted by molar-refractivity contribution is -0.120. The topological polar surface area (TPSA) is 64.1 Å². The minimum Gasteiger partial charge on any atom is -0.493 e. The average Bonchev–Trinajstić information content (AvgIpc) is 3.14. The fourth-order valence-electron chi connectivity index (χ4n) is 2.80. The summed E-state index contributed by atoms with van der Waals surface area (Å²) in [7, 11) is 7.04. The van der Waals surface area contributed by atoms with Crippen LogP contribution < -0.4 is 19.1 Å². The normalized spacial score (nSPS) is 11.1. The van der Waals surface area contributed by atoms with E-state index < -0.39 is 0 Å². The Morgan fingerprint density at radius 2 is 1.74 bits per heavy atom. The maximum Gasteiger partial charge on any atom is 0.266 e. The summed E-state index contributed by atoms with van der Waals surface area (Å²) in [5.74, 6) is 1.35. The van der Waals surface area contributed by atoms with Crippen LogP contribution in [0.1, 0.15) is 0 Å². The summed E-state index contributed by atoms with van der Waals surface area (Å²) in [4.78, 5) is 21.3. The molecular formula is C21H23Cl2N3O4S. The van der Waals surface area contributed by atoms with Gasteiger partial charge < -0.3 is 19.1 Å². The standard InChI is InChI=1S/C21H23Cl2N3O4S/c1-25(2)7-8-26(20(27)12-30-16-6-5-13(22)9-14(16)23)21-24-15-10-17(28-3)18(29-4)11-19(15)31-21/h5-6,9-11H,7-8,12H2,1-4H3. The molecule has 31 heavy (non-hydrogen) atoms. The molecule has 1 amide bonds. The maximum atomic E-state index is 13.1. The van der Waals surface area contributed by atoms with Crippen molar-refractivity contribution in [2.45, 2.75) is 0 Å². The zero-order valence-electron chi connectivity index (χ0n) is 17.6. The molecule has 0 radical (unpaired) electrons. The number of methoxy groups -OCH3 is 2. The van der Waals surface area contributed by atoms with Gasteiger partial charge in [-0.2, -0.15) is 0 Å². The molecule has 0 saturated heterocycles. The number of nitrogens with zero attached hydrogens (tertiary/aromatic N) is 3. The Kier molecular flexibility index (Phi) is 7.83. The van der Waals surface area contributed by atoms with Gasteiger partial charge in [0.2, 0.25) is 0 Å². The summed E-state index contributed by atoms with van der Waals surface area (Å²) in [6.07, 6.45) is 0. The molecule has 0 saturated carbocycles. The number of hydrogen-bond donors (Lipinski definition) is 0. The number of rotatable bonds is 9. The van der Waals surface area contributed by atoms with Gasteiger partial charge in [0.1, 0.15) is 5.75 Å². The van der Waals surface area contributed by atoms with Gasteiger partial charge in [0, 0.05) is 30.2 Å². The number of carbonyl (C=O) groups excluding carboxylic acids is 1. The predicted octanol–water partition coefficient (Wildman–Crippen LogP) is 4.59. The summed E-state index contributed by atoms with van der Waals surface area (Å²) in [6, 6.07) is 8.52. The Morgan fingerprint density at radius 1 is 1.03 bits per heavy atom. The highest BCUT2D eigenvalue weighted by Crippen LogP contribution is 2.37. The third-order valence-corrected chi connectivity index (χ3v) is 6.00. The van der Waals surface area contributed by atoms with E-state index in [-0.39, 0.29) is 12.5 Å². The van der Waals surface area contributed by atoms with E-state index in [1.54, 1.807) is 43.4 Å². The summed E-state index contributed by atoms with van der Waals surface area (Å²) in [5.41, 5.74) is 0.724. The Morgan fingerprint density at radius 3 is 2.39 bits per heavy atom. The van der Waals surface area contributed by atoms with Crippen LogP contribution in [0.4, 0.5) is 5.13 Å². The number of aromatic nitrogens is 1. The Labute approximate surface area is 195 Å². The molecule has 7 nitrogen and oxygen atoms in total. The van der Waals surface area contributed by atoms with Crippen LogP contribution >= 0.6 is 34.5 Å². The largest absolute Gasteiger partial charge is 0.493 e. The number of carbonyl (C=O) groups is 1. The average molecular weight is 484 g/mol. The van der Waals surface area contributed by atoms with E-state index in [0.29, 0.717) is 45.5 Å². The molecular weight excluding hydrogens is 461 g/mol. The number of benzene rings is 2. The molecule has 0 aliphatic rings. The van der Waals surface area contributed by atoms with Crippen molar-refractivity contribution in [1.29, 1.82) is 0 Å². The smallest absolute Gasteiger partial charge is 0.266 e. The third kappa shape index (κ3) is 5.71. The van der Waals surface area contributed by atoms with E-state index >= 15 is 0 Å². The number of amides is 1. The molecule has 0 fully saturated rings. The van der Waals surface area contributed by atoms with Crippen LogP contribution in [0.25, 0.3) is 10.2 Å². The lowest BCUT2D eigenvalue weighted by atomic mass is 10.3. The van der Waals surface area contributed by atoms with Crippen molar-refractivity contribution < 1.29 is 19.0 Å². The van der Waals surface area contributed by atoms with Gasteiger partial charge in [-0.25, -0.2) is 4.98 Å². The van der Waals surface area contributed by atoms with Crippen molar-refractivity contribution >= 4 is 55.8 Å². The minimum absolute atomic E-state index is 0.183. The number of likely N-dealkylation sites (N-methyl/N-ethyl adjacent to an activating group) is 1. The predicted molar refractivity (Wildman–Crippen MR) is 126 cm³/mol. The Hall–Kier alpha value is -2.26. The van der Waals surface area contributed by atoms with Crippen LogP contribution in [-0.2, 0) is 4.79 Å². The van der Waals surface area contributed by atoms with Crippen molar-refractivity contribution in [1.82, 2.24) is 9.88 Å². The van der Waals surface area contributed by atoms with Gasteiger partial charge in [-0.05, 0) is 32.3 Å². The van der Waals surface area contributed by atoms with Gasteiger partial charge in [0.25, 0.3) is 5.91 Å². The first-order chi connectivity index (χ1) is 14.8. The fraction of sp³-hybridized carbons (Fsp3) is 0.333. The molecule has 2 aromatic carbocycles. The van der Waals surface area contributed by atoms with Crippen LogP contribution in [0.15, 0.2) is 30.3 Å². The summed E-state index contributed by atoms with van der Waals surface area (Å²) >= 11 is 13.5. The lowest BCUT2D eigenvalue weighted by Gasteiger charge is -2.22. The molecule has 0 atom stereocenters. The fourth-order valence-corrected chi connectivity index (χ4v) is 4.28. The van der Waals surface area contributed by atoms with Gasteiger partial charge in [0.05, 0.1) is 29.5 Å². The molecule has 0 aliphatic carbocycles. The Bertz CT molecular complexity index is 1030. The molecule has 1 aromatic heterocycles. The first-order valence-electron chi connectivity index (χ1n) is 9.38. The van der Waals surface area contributed by atoms with Crippen molar-refractivity contribution in [2.75, 3.05) is 52.9 Å². The summed E-state index contributed by atoms with van der Waals surface area (Å²) in [6.45, 7) is 0.936. The van der Waals surface area contributed by atoms with E-state index in [0.717, 1.165) is 10.2 Å². The van der Waals surface area contributed by atoms with E-state index in [1.165, 1.54) is 11.3 Å². The number of halogens is 2. The van der Waals surface area contributed by atoms with Gasteiger partial charge in [-0.3, -0.25) is 9.69 Å². The minimum atomic E-state index is -0.231. The van der Waals surface area contributed by atoms with Crippen molar-refractivity contribution in [3.05, 3.63) is 40.4 Å². The van der Waals surface area contributed by atoms with E-state index in [2.05, 4.69) is 4.98 Å². The highest BCUT2D eigenvalue weighted by Gasteiger charge is 2.22. The number of ether oxygens (including phenoxy) is 3. The summed E-state index contributed by atoms with van der Waals surface area (Å²) in [5, 5.41) is 1.42. The highest BCUT2D eigenvalue weighted by molar-refractivity contribution is 7.22. The van der Waals surface area contributed by atoms with Gasteiger partial charge >= 0.3 is 0 Å². The number of thiazole rings is 1. The van der Waals surface area contributed by atoms with Gasteiger partial charge in [0.15, 0.2) is 23.2 Å². The Balaban J connectivity index is 1.86. The maximum absolute atomic E-state index is 13.1. The van der Waals surface area contributed by atoms with Crippen molar-refractivity contribution in [3.8, 4) is 17.2 Å².